The first kappa shape index (κ1) is 18.9. The standard InChI is InChI=1S/C18H20N4O4/c1-3-21(4-2)14-7-5-13(6-8-14)12-19-20-18(24)16-11-15(22(25)26)9-10-17(16)23/h5-12,23H,3-4H2,1-2H3,(H,20,24)/p-1/b19-12-. The van der Waals surface area contributed by atoms with Gasteiger partial charge in [-0.2, -0.15) is 5.10 Å². The van der Waals surface area contributed by atoms with E-state index < -0.39 is 16.6 Å². The zero-order valence-electron chi connectivity index (χ0n) is 14.5. The number of non-ortho nitro benzene ring substituents is 1. The number of carbonyl (C=O) groups excluding carboxylic acids is 1. The van der Waals surface area contributed by atoms with Gasteiger partial charge >= 0.3 is 0 Å². The quantitative estimate of drug-likeness (QED) is 0.465. The average Bonchev–Trinajstić information content (AvgIpc) is 2.64. The van der Waals surface area contributed by atoms with Crippen molar-refractivity contribution in [1.82, 2.24) is 5.43 Å². The van der Waals surface area contributed by atoms with Crippen LogP contribution < -0.4 is 15.4 Å². The minimum atomic E-state index is -0.797. The van der Waals surface area contributed by atoms with E-state index in [9.17, 15) is 20.0 Å². The first-order chi connectivity index (χ1) is 12.5. The van der Waals surface area contributed by atoms with Gasteiger partial charge in [-0.05, 0) is 31.5 Å². The van der Waals surface area contributed by atoms with E-state index in [1.54, 1.807) is 0 Å². The van der Waals surface area contributed by atoms with Crippen LogP contribution in [0.15, 0.2) is 47.6 Å². The van der Waals surface area contributed by atoms with Gasteiger partial charge in [0, 0.05) is 36.5 Å². The van der Waals surface area contributed by atoms with Gasteiger partial charge in [0.25, 0.3) is 11.6 Å². The van der Waals surface area contributed by atoms with Crippen molar-refractivity contribution < 1.29 is 14.8 Å². The number of benzene rings is 2. The fourth-order valence-electron chi connectivity index (χ4n) is 2.39. The molecule has 0 unspecified atom stereocenters. The Morgan fingerprint density at radius 3 is 2.42 bits per heavy atom. The van der Waals surface area contributed by atoms with E-state index >= 15 is 0 Å². The Morgan fingerprint density at radius 2 is 1.85 bits per heavy atom. The van der Waals surface area contributed by atoms with Crippen molar-refractivity contribution in [1.29, 1.82) is 0 Å². The number of nitro benzene ring substituents is 1. The van der Waals surface area contributed by atoms with E-state index in [4.69, 9.17) is 0 Å². The lowest BCUT2D eigenvalue weighted by atomic mass is 10.1. The Balaban J connectivity index is 2.05. The smallest absolute Gasteiger partial charge is 0.270 e. The van der Waals surface area contributed by atoms with Crippen LogP contribution in [0.5, 0.6) is 5.75 Å². The van der Waals surface area contributed by atoms with Gasteiger partial charge in [0.15, 0.2) is 0 Å². The number of rotatable bonds is 7. The summed E-state index contributed by atoms with van der Waals surface area (Å²) in [6.07, 6.45) is 1.44. The molecule has 0 spiro atoms. The lowest BCUT2D eigenvalue weighted by molar-refractivity contribution is -0.385. The second kappa shape index (κ2) is 8.61. The number of hydrogen-bond acceptors (Lipinski definition) is 6. The van der Waals surface area contributed by atoms with Gasteiger partial charge < -0.3 is 10.0 Å². The van der Waals surface area contributed by atoms with Crippen molar-refractivity contribution in [2.75, 3.05) is 18.0 Å². The Hall–Kier alpha value is -3.42. The molecule has 1 amide bonds. The summed E-state index contributed by atoms with van der Waals surface area (Å²) in [5, 5.41) is 26.2. The third kappa shape index (κ3) is 4.56. The average molecular weight is 355 g/mol. The number of amides is 1. The summed E-state index contributed by atoms with van der Waals surface area (Å²) in [5.41, 5.74) is 3.41. The number of nitro groups is 1. The Bertz CT molecular complexity index is 814. The van der Waals surface area contributed by atoms with Crippen molar-refractivity contribution in [3.05, 3.63) is 63.7 Å². The highest BCUT2D eigenvalue weighted by molar-refractivity contribution is 5.97. The third-order valence-electron chi connectivity index (χ3n) is 3.82. The molecule has 0 bridgehead atoms. The highest BCUT2D eigenvalue weighted by Crippen LogP contribution is 2.20. The lowest BCUT2D eigenvalue weighted by Crippen LogP contribution is -2.21. The Kier molecular flexibility index (Phi) is 6.26. The van der Waals surface area contributed by atoms with Crippen LogP contribution >= 0.6 is 0 Å². The summed E-state index contributed by atoms with van der Waals surface area (Å²) in [5.74, 6) is -1.40. The van der Waals surface area contributed by atoms with E-state index in [1.807, 2.05) is 24.3 Å². The third-order valence-corrected chi connectivity index (χ3v) is 3.82. The normalized spacial score (nSPS) is 10.7. The van der Waals surface area contributed by atoms with Crippen molar-refractivity contribution >= 4 is 23.5 Å². The van der Waals surface area contributed by atoms with Crippen molar-refractivity contribution in [3.8, 4) is 5.75 Å². The van der Waals surface area contributed by atoms with Crippen LogP contribution in [0.1, 0.15) is 29.8 Å². The van der Waals surface area contributed by atoms with E-state index in [0.717, 1.165) is 42.5 Å². The maximum absolute atomic E-state index is 12.0. The molecule has 0 saturated heterocycles. The molecule has 2 aromatic carbocycles. The predicted octanol–water partition coefficient (Wildman–Crippen LogP) is 2.28. The number of nitrogens with zero attached hydrogens (tertiary/aromatic N) is 3. The molecule has 0 aliphatic rings. The summed E-state index contributed by atoms with van der Waals surface area (Å²) >= 11 is 0. The number of hydrogen-bond donors (Lipinski definition) is 1. The Labute approximate surface area is 150 Å². The number of carbonyl (C=O) groups is 1. The zero-order valence-corrected chi connectivity index (χ0v) is 14.5. The lowest BCUT2D eigenvalue weighted by Gasteiger charge is -2.20. The minimum Gasteiger partial charge on any atom is -0.872 e. The van der Waals surface area contributed by atoms with Gasteiger partial charge in [0.2, 0.25) is 0 Å². The molecule has 26 heavy (non-hydrogen) atoms. The van der Waals surface area contributed by atoms with Gasteiger partial charge in [-0.25, -0.2) is 5.43 Å². The van der Waals surface area contributed by atoms with Crippen LogP contribution in [-0.2, 0) is 0 Å². The molecule has 2 aromatic rings. The number of anilines is 1. The molecule has 0 aliphatic carbocycles. The fraction of sp³-hybridized carbons (Fsp3) is 0.222. The molecular formula is C18H19N4O4-. The molecule has 1 N–H and O–H groups in total. The van der Waals surface area contributed by atoms with Gasteiger partial charge in [-0.3, -0.25) is 14.9 Å². The molecule has 0 aliphatic heterocycles. The topological polar surface area (TPSA) is 111 Å². The predicted molar refractivity (Wildman–Crippen MR) is 97.6 cm³/mol. The molecule has 8 heteroatoms. The first-order valence-corrected chi connectivity index (χ1v) is 8.10. The molecular weight excluding hydrogens is 336 g/mol. The van der Waals surface area contributed by atoms with Gasteiger partial charge in [0.1, 0.15) is 0 Å². The molecule has 2 rings (SSSR count). The SMILES string of the molecule is CCN(CC)c1ccc(/C=N\NC(=O)c2cc([N+](=O)[O-])ccc2[O-])cc1. The molecule has 0 aromatic heterocycles. The summed E-state index contributed by atoms with van der Waals surface area (Å²) in [4.78, 5) is 24.3. The summed E-state index contributed by atoms with van der Waals surface area (Å²) < 4.78 is 0. The fourth-order valence-corrected chi connectivity index (χ4v) is 2.39. The van der Waals surface area contributed by atoms with Gasteiger partial charge in [0.05, 0.1) is 11.1 Å². The highest BCUT2D eigenvalue weighted by atomic mass is 16.6. The van der Waals surface area contributed by atoms with Crippen LogP contribution in [0.3, 0.4) is 0 Å². The van der Waals surface area contributed by atoms with Crippen LogP contribution in [-0.4, -0.2) is 30.1 Å². The van der Waals surface area contributed by atoms with Crippen LogP contribution in [0.25, 0.3) is 0 Å². The number of hydrazone groups is 1. The molecule has 0 heterocycles. The van der Waals surface area contributed by atoms with E-state index in [1.165, 1.54) is 6.21 Å². The van der Waals surface area contributed by atoms with Crippen molar-refractivity contribution in [2.24, 2.45) is 5.10 Å². The number of nitrogens with one attached hydrogen (secondary N) is 1. The molecule has 0 radical (unpaired) electrons. The maximum Gasteiger partial charge on any atom is 0.270 e. The van der Waals surface area contributed by atoms with E-state index in [2.05, 4.69) is 29.3 Å². The summed E-state index contributed by atoms with van der Waals surface area (Å²) in [7, 11) is 0. The van der Waals surface area contributed by atoms with Crippen LogP contribution in [0.2, 0.25) is 0 Å². The molecule has 0 atom stereocenters. The summed E-state index contributed by atoms with van der Waals surface area (Å²) in [6, 6.07) is 10.6. The molecule has 0 fully saturated rings. The molecule has 8 nitrogen and oxygen atoms in total. The van der Waals surface area contributed by atoms with Crippen molar-refractivity contribution in [2.45, 2.75) is 13.8 Å². The van der Waals surface area contributed by atoms with E-state index in [-0.39, 0.29) is 11.3 Å². The second-order valence-electron chi connectivity index (χ2n) is 5.40. The maximum atomic E-state index is 12.0. The van der Waals surface area contributed by atoms with Gasteiger partial charge in [-0.15, -0.1) is 0 Å². The molecule has 0 saturated carbocycles. The minimum absolute atomic E-state index is 0.326. The summed E-state index contributed by atoms with van der Waals surface area (Å²) in [6.45, 7) is 5.96. The monoisotopic (exact) mass is 355 g/mol. The first-order valence-electron chi connectivity index (χ1n) is 8.10. The van der Waals surface area contributed by atoms with Crippen LogP contribution in [0, 0.1) is 10.1 Å². The zero-order chi connectivity index (χ0) is 19.1. The van der Waals surface area contributed by atoms with Crippen molar-refractivity contribution in [3.63, 3.8) is 0 Å². The highest BCUT2D eigenvalue weighted by Gasteiger charge is 2.12. The molecule has 136 valence electrons. The second-order valence-corrected chi connectivity index (χ2v) is 5.40. The Morgan fingerprint density at radius 1 is 1.19 bits per heavy atom. The van der Waals surface area contributed by atoms with E-state index in [0.29, 0.717) is 0 Å². The van der Waals surface area contributed by atoms with Crippen LogP contribution in [0.4, 0.5) is 11.4 Å². The largest absolute Gasteiger partial charge is 0.872 e. The van der Waals surface area contributed by atoms with Gasteiger partial charge in [-0.1, -0.05) is 23.9 Å².